The predicted molar refractivity (Wildman–Crippen MR) is 121 cm³/mol. The molecule has 0 saturated carbocycles. The lowest BCUT2D eigenvalue weighted by molar-refractivity contribution is -0.115. The van der Waals surface area contributed by atoms with Crippen molar-refractivity contribution in [3.05, 3.63) is 46.1 Å². The Kier molecular flexibility index (Phi) is 8.01. The second kappa shape index (κ2) is 10.7. The average molecular weight is 444 g/mol. The number of amides is 1. The van der Waals surface area contributed by atoms with Crippen molar-refractivity contribution in [2.45, 2.75) is 62.1 Å². The molecule has 1 unspecified atom stereocenters. The minimum absolute atomic E-state index is 0.138. The first-order chi connectivity index (χ1) is 14.5. The topological polar surface area (TPSA) is 75.0 Å². The summed E-state index contributed by atoms with van der Waals surface area (Å²) in [6.07, 6.45) is 7.21. The van der Waals surface area contributed by atoms with Crippen LogP contribution < -0.4 is 10.1 Å². The molecule has 1 N–H and O–H groups in total. The maximum atomic E-state index is 12.9. The van der Waals surface area contributed by atoms with E-state index in [4.69, 9.17) is 21.3 Å². The van der Waals surface area contributed by atoms with E-state index in [1.165, 1.54) is 30.2 Å². The smallest absolute Gasteiger partial charge is 0.237 e. The third-order valence-electron chi connectivity index (χ3n) is 5.22. The number of aryl methyl sites for hydroxylation is 2. The number of rotatable bonds is 6. The summed E-state index contributed by atoms with van der Waals surface area (Å²) in [7, 11) is 1.55. The summed E-state index contributed by atoms with van der Waals surface area (Å²) in [6.45, 7) is 1.96. The number of anilines is 1. The van der Waals surface area contributed by atoms with E-state index in [1.807, 2.05) is 13.0 Å². The first kappa shape index (κ1) is 22.5. The molecule has 0 fully saturated rings. The molecule has 1 aliphatic rings. The zero-order valence-corrected chi connectivity index (χ0v) is 18.9. The Morgan fingerprint density at radius 1 is 1.30 bits per heavy atom. The number of halogens is 1. The molecule has 3 rings (SSSR count). The van der Waals surface area contributed by atoms with Crippen molar-refractivity contribution in [2.75, 3.05) is 12.4 Å². The monoisotopic (exact) mass is 443 g/mol. The molecule has 30 heavy (non-hydrogen) atoms. The quantitative estimate of drug-likeness (QED) is 0.572. The van der Waals surface area contributed by atoms with Gasteiger partial charge in [0.15, 0.2) is 0 Å². The van der Waals surface area contributed by atoms with Crippen LogP contribution in [-0.2, 0) is 17.6 Å². The van der Waals surface area contributed by atoms with E-state index >= 15 is 0 Å². The zero-order valence-electron chi connectivity index (χ0n) is 17.3. The van der Waals surface area contributed by atoms with Crippen molar-refractivity contribution in [1.29, 1.82) is 5.26 Å². The first-order valence-corrected chi connectivity index (χ1v) is 11.6. The van der Waals surface area contributed by atoms with Gasteiger partial charge >= 0.3 is 0 Å². The second-order valence-corrected chi connectivity index (χ2v) is 8.92. The average Bonchev–Trinajstić information content (AvgIpc) is 2.72. The van der Waals surface area contributed by atoms with Gasteiger partial charge < -0.3 is 10.1 Å². The van der Waals surface area contributed by atoms with Crippen molar-refractivity contribution >= 4 is 35.0 Å². The fraction of sp³-hybridized carbons (Fsp3) is 0.435. The minimum Gasteiger partial charge on any atom is -0.495 e. The summed E-state index contributed by atoms with van der Waals surface area (Å²) in [5, 5.41) is 13.3. The number of aromatic nitrogens is 1. The van der Waals surface area contributed by atoms with Gasteiger partial charge in [-0.05, 0) is 61.9 Å². The molecule has 5 nitrogen and oxygen atoms in total. The maximum absolute atomic E-state index is 12.9. The number of fused-ring (bicyclic) bond motifs is 1. The molecule has 0 spiro atoms. The molecule has 0 aliphatic heterocycles. The molecule has 0 bridgehead atoms. The Hall–Kier alpha value is -2.23. The van der Waals surface area contributed by atoms with E-state index in [1.54, 1.807) is 25.3 Å². The van der Waals surface area contributed by atoms with Crippen molar-refractivity contribution in [3.8, 4) is 11.8 Å². The molecule has 1 aromatic carbocycles. The van der Waals surface area contributed by atoms with E-state index in [0.717, 1.165) is 31.4 Å². The van der Waals surface area contributed by atoms with Crippen LogP contribution in [0, 0.1) is 11.3 Å². The number of thioether (sulfide) groups is 1. The highest BCUT2D eigenvalue weighted by atomic mass is 35.5. The summed E-state index contributed by atoms with van der Waals surface area (Å²) in [5.41, 5.74) is 3.42. The molecular weight excluding hydrogens is 418 g/mol. The first-order valence-electron chi connectivity index (χ1n) is 10.3. The van der Waals surface area contributed by atoms with Gasteiger partial charge in [-0.15, -0.1) is 0 Å². The lowest BCUT2D eigenvalue weighted by Crippen LogP contribution is -2.25. The SMILES string of the molecule is CCC(Sc1nc2c(cc1C#N)CCCCCC2)C(=O)Nc1ccc(OC)c(Cl)c1. The molecule has 0 saturated heterocycles. The Bertz CT molecular complexity index is 958. The lowest BCUT2D eigenvalue weighted by atomic mass is 9.96. The van der Waals surface area contributed by atoms with Crippen LogP contribution in [0.5, 0.6) is 5.75 Å². The van der Waals surface area contributed by atoms with E-state index < -0.39 is 0 Å². The van der Waals surface area contributed by atoms with Crippen LogP contribution in [0.2, 0.25) is 5.02 Å². The second-order valence-electron chi connectivity index (χ2n) is 7.33. The third-order valence-corrected chi connectivity index (χ3v) is 6.88. The van der Waals surface area contributed by atoms with Gasteiger partial charge in [0.05, 0.1) is 22.9 Å². The molecule has 1 heterocycles. The Morgan fingerprint density at radius 2 is 2.07 bits per heavy atom. The largest absolute Gasteiger partial charge is 0.495 e. The van der Waals surface area contributed by atoms with Crippen LogP contribution in [0.3, 0.4) is 0 Å². The van der Waals surface area contributed by atoms with Crippen LogP contribution in [0.15, 0.2) is 29.3 Å². The number of pyridine rings is 1. The number of hydrogen-bond donors (Lipinski definition) is 1. The van der Waals surface area contributed by atoms with Crippen LogP contribution in [0.1, 0.15) is 55.8 Å². The Labute approximate surface area is 187 Å². The van der Waals surface area contributed by atoms with Gasteiger partial charge in [0.2, 0.25) is 5.91 Å². The van der Waals surface area contributed by atoms with E-state index in [0.29, 0.717) is 33.5 Å². The van der Waals surface area contributed by atoms with Crippen LogP contribution in [0.4, 0.5) is 5.69 Å². The fourth-order valence-corrected chi connectivity index (χ4v) is 4.82. The number of methoxy groups -OCH3 is 1. The van der Waals surface area contributed by atoms with Crippen LogP contribution >= 0.6 is 23.4 Å². The molecule has 1 amide bonds. The number of carbonyl (C=O) groups is 1. The summed E-state index contributed by atoms with van der Waals surface area (Å²) in [6, 6.07) is 9.39. The van der Waals surface area contributed by atoms with Gasteiger partial charge in [0.1, 0.15) is 16.8 Å². The Morgan fingerprint density at radius 3 is 2.73 bits per heavy atom. The number of benzene rings is 1. The molecule has 158 valence electrons. The highest BCUT2D eigenvalue weighted by Crippen LogP contribution is 2.32. The van der Waals surface area contributed by atoms with Gasteiger partial charge in [-0.2, -0.15) is 5.26 Å². The van der Waals surface area contributed by atoms with Gasteiger partial charge in [0.25, 0.3) is 0 Å². The minimum atomic E-state index is -0.364. The molecule has 0 radical (unpaired) electrons. The fourth-order valence-electron chi connectivity index (χ4n) is 3.56. The van der Waals surface area contributed by atoms with Crippen molar-refractivity contribution in [2.24, 2.45) is 0 Å². The highest BCUT2D eigenvalue weighted by Gasteiger charge is 2.22. The summed E-state index contributed by atoms with van der Waals surface area (Å²) < 4.78 is 5.15. The number of nitrogens with zero attached hydrogens (tertiary/aromatic N) is 2. The third kappa shape index (κ3) is 5.47. The zero-order chi connectivity index (χ0) is 21.5. The maximum Gasteiger partial charge on any atom is 0.237 e. The van der Waals surface area contributed by atoms with E-state index in [-0.39, 0.29) is 11.2 Å². The standard InChI is InChI=1S/C23H26ClN3O2S/c1-3-21(22(28)26-17-10-11-20(29-2)18(24)13-17)30-23-16(14-25)12-15-8-6-4-5-7-9-19(15)27-23/h10-13,21H,3-9H2,1-2H3,(H,26,28). The van der Waals surface area contributed by atoms with Gasteiger partial charge in [-0.3, -0.25) is 4.79 Å². The highest BCUT2D eigenvalue weighted by molar-refractivity contribution is 8.00. The van der Waals surface area contributed by atoms with Crippen LogP contribution in [0.25, 0.3) is 0 Å². The van der Waals surface area contributed by atoms with Crippen LogP contribution in [-0.4, -0.2) is 23.3 Å². The molecular formula is C23H26ClN3O2S. The predicted octanol–water partition coefficient (Wildman–Crippen LogP) is 5.78. The summed E-state index contributed by atoms with van der Waals surface area (Å²) >= 11 is 7.52. The number of nitrogens with one attached hydrogen (secondary N) is 1. The molecule has 7 heteroatoms. The lowest BCUT2D eigenvalue weighted by Gasteiger charge is -2.18. The molecule has 1 aromatic heterocycles. The van der Waals surface area contributed by atoms with Crippen molar-refractivity contribution < 1.29 is 9.53 Å². The summed E-state index contributed by atoms with van der Waals surface area (Å²) in [4.78, 5) is 17.7. The van der Waals surface area contributed by atoms with Crippen molar-refractivity contribution in [1.82, 2.24) is 4.98 Å². The molecule has 2 aromatic rings. The Balaban J connectivity index is 1.79. The number of ether oxygens (including phenoxy) is 1. The number of nitriles is 1. The normalized spacial score (nSPS) is 14.6. The van der Waals surface area contributed by atoms with Gasteiger partial charge in [-0.1, -0.05) is 43.1 Å². The molecule has 1 atom stereocenters. The van der Waals surface area contributed by atoms with Gasteiger partial charge in [0, 0.05) is 11.4 Å². The van der Waals surface area contributed by atoms with E-state index in [9.17, 15) is 10.1 Å². The van der Waals surface area contributed by atoms with Gasteiger partial charge in [-0.25, -0.2) is 4.98 Å². The molecule has 1 aliphatic carbocycles. The number of carbonyl (C=O) groups excluding carboxylic acids is 1. The van der Waals surface area contributed by atoms with E-state index in [2.05, 4.69) is 11.4 Å². The number of hydrogen-bond acceptors (Lipinski definition) is 5. The summed E-state index contributed by atoms with van der Waals surface area (Å²) in [5.74, 6) is 0.417. The van der Waals surface area contributed by atoms with Crippen molar-refractivity contribution in [3.63, 3.8) is 0 Å².